The highest BCUT2D eigenvalue weighted by Gasteiger charge is 2.02. The lowest BCUT2D eigenvalue weighted by Crippen LogP contribution is -2.12. The van der Waals surface area contributed by atoms with Crippen LogP contribution in [0.5, 0.6) is 0 Å². The third kappa shape index (κ3) is 6.95. The summed E-state index contributed by atoms with van der Waals surface area (Å²) in [6.07, 6.45) is 2.99. The Labute approximate surface area is 113 Å². The molecule has 0 saturated carbocycles. The summed E-state index contributed by atoms with van der Waals surface area (Å²) >= 11 is 6.58. The minimum atomic E-state index is -0.00458. The van der Waals surface area contributed by atoms with E-state index in [-0.39, 0.29) is 5.91 Å². The zero-order chi connectivity index (χ0) is 12.4. The van der Waals surface area contributed by atoms with E-state index >= 15 is 0 Å². The molecule has 0 aromatic carbocycles. The molecule has 0 unspecified atom stereocenters. The van der Waals surface area contributed by atoms with Crippen molar-refractivity contribution in [3.63, 3.8) is 0 Å². The van der Waals surface area contributed by atoms with Gasteiger partial charge in [0.2, 0.25) is 5.91 Å². The highest BCUT2D eigenvalue weighted by molar-refractivity contribution is 9.10. The zero-order valence-electron chi connectivity index (χ0n) is 9.46. The van der Waals surface area contributed by atoms with Gasteiger partial charge in [-0.3, -0.25) is 4.79 Å². The maximum absolute atomic E-state index is 11.3. The van der Waals surface area contributed by atoms with Crippen LogP contribution < -0.4 is 5.32 Å². The number of rotatable bonds is 4. The minimum Gasteiger partial charge on any atom is -0.311 e. The van der Waals surface area contributed by atoms with Gasteiger partial charge in [-0.05, 0) is 18.6 Å². The molecule has 3 nitrogen and oxygen atoms in total. The van der Waals surface area contributed by atoms with Crippen molar-refractivity contribution in [1.29, 1.82) is 0 Å². The number of aromatic nitrogens is 1. The molecule has 1 amide bonds. The Hall–Kier alpha value is -0.420. The average molecular weight is 352 g/mol. The van der Waals surface area contributed by atoms with Crippen LogP contribution in [0.4, 0.5) is 5.82 Å². The fourth-order valence-corrected chi connectivity index (χ4v) is 1.52. The molecule has 0 atom stereocenters. The largest absolute Gasteiger partial charge is 0.311 e. The van der Waals surface area contributed by atoms with E-state index in [1.54, 1.807) is 12.3 Å². The topological polar surface area (TPSA) is 42.0 Å². The Morgan fingerprint density at radius 1 is 1.50 bits per heavy atom. The summed E-state index contributed by atoms with van der Waals surface area (Å²) in [4.78, 5) is 15.3. The number of alkyl halides is 1. The first kappa shape index (κ1) is 15.6. The number of carbonyl (C=O) groups excluding carboxylic acids is 1. The molecular formula is C11H16Br2N2O. The summed E-state index contributed by atoms with van der Waals surface area (Å²) in [5, 5.41) is 3.56. The minimum absolute atomic E-state index is 0.00458. The van der Waals surface area contributed by atoms with E-state index in [0.29, 0.717) is 12.2 Å². The molecule has 5 heteroatoms. The van der Waals surface area contributed by atoms with Gasteiger partial charge in [0.1, 0.15) is 5.82 Å². The van der Waals surface area contributed by atoms with Crippen LogP contribution in [0, 0.1) is 0 Å². The molecule has 1 heterocycles. The van der Waals surface area contributed by atoms with Gasteiger partial charge in [-0.25, -0.2) is 4.98 Å². The molecule has 0 saturated heterocycles. The van der Waals surface area contributed by atoms with Crippen molar-refractivity contribution in [3.8, 4) is 0 Å². The standard InChI is InChI=1S/C9H10Br2N2O.C2H6/c10-4-1-2-9(14)13-8-6-7(11)3-5-12-8;1-2/h3,5-6H,1-2,4H2,(H,12,13,14);1-2H3. The monoisotopic (exact) mass is 350 g/mol. The second-order valence-corrected chi connectivity index (χ2v) is 4.41. The van der Waals surface area contributed by atoms with Gasteiger partial charge in [0.15, 0.2) is 0 Å². The van der Waals surface area contributed by atoms with Gasteiger partial charge in [0, 0.05) is 22.4 Å². The molecule has 1 aromatic rings. The second-order valence-electron chi connectivity index (χ2n) is 2.70. The van der Waals surface area contributed by atoms with Gasteiger partial charge in [0.25, 0.3) is 0 Å². The summed E-state index contributed by atoms with van der Waals surface area (Å²) in [5.74, 6) is 0.578. The molecule has 1 N–H and O–H groups in total. The number of amides is 1. The molecule has 1 aromatic heterocycles. The molecule has 1 rings (SSSR count). The summed E-state index contributed by atoms with van der Waals surface area (Å²) in [6.45, 7) is 4.00. The summed E-state index contributed by atoms with van der Waals surface area (Å²) in [5.41, 5.74) is 0. The SMILES string of the molecule is CC.O=C(CCCBr)Nc1cc(Br)ccn1. The highest BCUT2D eigenvalue weighted by atomic mass is 79.9. The number of pyridine rings is 1. The summed E-state index contributed by atoms with van der Waals surface area (Å²) in [7, 11) is 0. The van der Waals surface area contributed by atoms with Crippen molar-refractivity contribution in [3.05, 3.63) is 22.8 Å². The lowest BCUT2D eigenvalue weighted by atomic mass is 10.3. The van der Waals surface area contributed by atoms with E-state index in [2.05, 4.69) is 42.2 Å². The Bertz CT molecular complexity index is 319. The number of anilines is 1. The molecule has 16 heavy (non-hydrogen) atoms. The van der Waals surface area contributed by atoms with Crippen LogP contribution in [-0.4, -0.2) is 16.2 Å². The normalized spacial score (nSPS) is 9.00. The van der Waals surface area contributed by atoms with Gasteiger partial charge >= 0.3 is 0 Å². The van der Waals surface area contributed by atoms with E-state index in [9.17, 15) is 4.79 Å². The Balaban J connectivity index is 0.00000106. The molecular weight excluding hydrogens is 336 g/mol. The molecule has 0 fully saturated rings. The number of hydrogen-bond donors (Lipinski definition) is 1. The fraction of sp³-hybridized carbons (Fsp3) is 0.455. The Kier molecular flexibility index (Phi) is 9.52. The lowest BCUT2D eigenvalue weighted by molar-refractivity contribution is -0.116. The smallest absolute Gasteiger partial charge is 0.225 e. The maximum Gasteiger partial charge on any atom is 0.225 e. The second kappa shape index (κ2) is 9.78. The number of carbonyl (C=O) groups is 1. The van der Waals surface area contributed by atoms with Crippen LogP contribution in [0.3, 0.4) is 0 Å². The van der Waals surface area contributed by atoms with Crippen molar-refractivity contribution >= 4 is 43.6 Å². The third-order valence-electron chi connectivity index (χ3n) is 1.53. The summed E-state index contributed by atoms with van der Waals surface area (Å²) in [6, 6.07) is 3.58. The van der Waals surface area contributed by atoms with Gasteiger partial charge in [-0.15, -0.1) is 0 Å². The summed E-state index contributed by atoms with van der Waals surface area (Å²) < 4.78 is 0.906. The van der Waals surface area contributed by atoms with Crippen molar-refractivity contribution in [2.24, 2.45) is 0 Å². The van der Waals surface area contributed by atoms with Gasteiger partial charge in [-0.1, -0.05) is 45.7 Å². The van der Waals surface area contributed by atoms with E-state index in [1.807, 2.05) is 19.9 Å². The van der Waals surface area contributed by atoms with Crippen LogP contribution in [0.2, 0.25) is 0 Å². The van der Waals surface area contributed by atoms with Crippen molar-refractivity contribution in [2.45, 2.75) is 26.7 Å². The van der Waals surface area contributed by atoms with Crippen LogP contribution in [0.25, 0.3) is 0 Å². The molecule has 0 bridgehead atoms. The van der Waals surface area contributed by atoms with E-state index in [0.717, 1.165) is 16.2 Å². The van der Waals surface area contributed by atoms with E-state index < -0.39 is 0 Å². The van der Waals surface area contributed by atoms with Crippen molar-refractivity contribution < 1.29 is 4.79 Å². The zero-order valence-corrected chi connectivity index (χ0v) is 12.6. The van der Waals surface area contributed by atoms with Gasteiger partial charge in [0.05, 0.1) is 0 Å². The predicted octanol–water partition coefficient (Wildman–Crippen LogP) is 3.98. The number of nitrogens with zero attached hydrogens (tertiary/aromatic N) is 1. The third-order valence-corrected chi connectivity index (χ3v) is 2.58. The maximum atomic E-state index is 11.3. The van der Waals surface area contributed by atoms with Gasteiger partial charge in [-0.2, -0.15) is 0 Å². The molecule has 0 aliphatic heterocycles. The molecule has 0 aliphatic rings. The van der Waals surface area contributed by atoms with Crippen LogP contribution in [0.15, 0.2) is 22.8 Å². The first-order valence-electron chi connectivity index (χ1n) is 5.20. The average Bonchev–Trinajstić information content (AvgIpc) is 2.29. The Morgan fingerprint density at radius 3 is 2.75 bits per heavy atom. The molecule has 0 aliphatic carbocycles. The predicted molar refractivity (Wildman–Crippen MR) is 74.9 cm³/mol. The molecule has 0 spiro atoms. The van der Waals surface area contributed by atoms with Crippen LogP contribution in [0.1, 0.15) is 26.7 Å². The molecule has 90 valence electrons. The first-order chi connectivity index (χ1) is 7.72. The van der Waals surface area contributed by atoms with Crippen LogP contribution in [-0.2, 0) is 4.79 Å². The number of nitrogens with one attached hydrogen (secondary N) is 1. The quantitative estimate of drug-likeness (QED) is 0.833. The first-order valence-corrected chi connectivity index (χ1v) is 7.11. The Morgan fingerprint density at radius 2 is 2.19 bits per heavy atom. The van der Waals surface area contributed by atoms with Crippen LogP contribution >= 0.6 is 31.9 Å². The van der Waals surface area contributed by atoms with Crippen molar-refractivity contribution in [2.75, 3.05) is 10.6 Å². The van der Waals surface area contributed by atoms with Crippen molar-refractivity contribution in [1.82, 2.24) is 4.98 Å². The number of halogens is 2. The number of hydrogen-bond acceptors (Lipinski definition) is 2. The highest BCUT2D eigenvalue weighted by Crippen LogP contribution is 2.12. The lowest BCUT2D eigenvalue weighted by Gasteiger charge is -2.03. The van der Waals surface area contributed by atoms with Gasteiger partial charge < -0.3 is 5.32 Å². The fourth-order valence-electron chi connectivity index (χ4n) is 0.906. The van der Waals surface area contributed by atoms with E-state index in [4.69, 9.17) is 0 Å². The molecule has 0 radical (unpaired) electrons. The van der Waals surface area contributed by atoms with E-state index in [1.165, 1.54) is 0 Å².